The van der Waals surface area contributed by atoms with E-state index in [-0.39, 0.29) is 5.56 Å². The molecule has 0 unspecified atom stereocenters. The van der Waals surface area contributed by atoms with Crippen LogP contribution in [0.5, 0.6) is 17.2 Å². The number of rotatable bonds is 6. The van der Waals surface area contributed by atoms with Gasteiger partial charge in [0.25, 0.3) is 5.56 Å². The van der Waals surface area contributed by atoms with E-state index in [0.717, 1.165) is 11.3 Å². The maximum atomic E-state index is 12.0. The minimum absolute atomic E-state index is 0.0690. The van der Waals surface area contributed by atoms with Crippen molar-refractivity contribution < 1.29 is 14.2 Å². The largest absolute Gasteiger partial charge is 0.497 e. The van der Waals surface area contributed by atoms with Crippen LogP contribution in [-0.2, 0) is 6.61 Å². The third-order valence-electron chi connectivity index (χ3n) is 4.31. The molecule has 0 aliphatic rings. The predicted octanol–water partition coefficient (Wildman–Crippen LogP) is 3.82. The highest BCUT2D eigenvalue weighted by atomic mass is 16.5. The molecule has 1 N–H and O–H groups in total. The summed E-state index contributed by atoms with van der Waals surface area (Å²) >= 11 is 0. The maximum absolute atomic E-state index is 12.0. The van der Waals surface area contributed by atoms with Crippen LogP contribution in [0, 0.1) is 18.3 Å². The quantitative estimate of drug-likeness (QED) is 0.707. The average Bonchev–Trinajstić information content (AvgIpc) is 2.72. The molecule has 6 heteroatoms. The first kappa shape index (κ1) is 19.1. The Labute approximate surface area is 162 Å². The second kappa shape index (κ2) is 8.31. The van der Waals surface area contributed by atoms with Crippen molar-refractivity contribution in [3.05, 3.63) is 75.7 Å². The van der Waals surface area contributed by atoms with E-state index in [1.165, 1.54) is 0 Å². The van der Waals surface area contributed by atoms with Gasteiger partial charge in [-0.3, -0.25) is 4.79 Å². The minimum atomic E-state index is -0.406. The monoisotopic (exact) mass is 376 g/mol. The summed E-state index contributed by atoms with van der Waals surface area (Å²) in [4.78, 5) is 14.7. The molecule has 0 spiro atoms. The number of nitrogens with zero attached hydrogens (tertiary/aromatic N) is 1. The summed E-state index contributed by atoms with van der Waals surface area (Å²) in [6, 6.07) is 16.7. The Morgan fingerprint density at radius 2 is 1.75 bits per heavy atom. The van der Waals surface area contributed by atoms with Gasteiger partial charge in [-0.05, 0) is 48.4 Å². The number of hydrogen-bond acceptors (Lipinski definition) is 5. The van der Waals surface area contributed by atoms with E-state index in [0.29, 0.717) is 34.9 Å². The molecular weight excluding hydrogens is 356 g/mol. The van der Waals surface area contributed by atoms with E-state index in [1.807, 2.05) is 30.3 Å². The van der Waals surface area contributed by atoms with E-state index in [9.17, 15) is 10.1 Å². The summed E-state index contributed by atoms with van der Waals surface area (Å²) in [5, 5.41) is 9.35. The summed E-state index contributed by atoms with van der Waals surface area (Å²) in [6.07, 6.45) is 0. The summed E-state index contributed by atoms with van der Waals surface area (Å²) in [5.74, 6) is 1.88. The molecule has 28 heavy (non-hydrogen) atoms. The molecule has 2 aromatic carbocycles. The topological polar surface area (TPSA) is 84.3 Å². The molecule has 0 saturated heterocycles. The van der Waals surface area contributed by atoms with Crippen molar-refractivity contribution in [3.8, 4) is 34.4 Å². The van der Waals surface area contributed by atoms with Crippen molar-refractivity contribution in [2.45, 2.75) is 13.5 Å². The number of aromatic amines is 1. The third-order valence-corrected chi connectivity index (χ3v) is 4.31. The molecule has 0 saturated carbocycles. The normalized spacial score (nSPS) is 10.2. The minimum Gasteiger partial charge on any atom is -0.497 e. The lowest BCUT2D eigenvalue weighted by molar-refractivity contribution is 0.284. The first-order valence-corrected chi connectivity index (χ1v) is 8.64. The number of nitrogens with one attached hydrogen (secondary N) is 1. The number of methoxy groups -OCH3 is 2. The Morgan fingerprint density at radius 3 is 2.39 bits per heavy atom. The molecule has 0 aliphatic carbocycles. The Kier molecular flexibility index (Phi) is 5.66. The van der Waals surface area contributed by atoms with Crippen LogP contribution in [0.2, 0.25) is 0 Å². The van der Waals surface area contributed by atoms with E-state index in [2.05, 4.69) is 4.98 Å². The van der Waals surface area contributed by atoms with Crippen molar-refractivity contribution in [1.29, 1.82) is 5.26 Å². The average molecular weight is 376 g/mol. The number of pyridine rings is 1. The van der Waals surface area contributed by atoms with Crippen molar-refractivity contribution in [3.63, 3.8) is 0 Å². The zero-order valence-electron chi connectivity index (χ0n) is 15.9. The lowest BCUT2D eigenvalue weighted by Gasteiger charge is -2.13. The molecule has 1 aromatic heterocycles. The van der Waals surface area contributed by atoms with Crippen LogP contribution in [0.4, 0.5) is 0 Å². The van der Waals surface area contributed by atoms with Crippen LogP contribution < -0.4 is 19.8 Å². The Bertz CT molecular complexity index is 1080. The Hall–Kier alpha value is -3.72. The highest BCUT2D eigenvalue weighted by molar-refractivity contribution is 5.72. The molecule has 1 heterocycles. The van der Waals surface area contributed by atoms with Crippen LogP contribution in [0.15, 0.2) is 53.3 Å². The van der Waals surface area contributed by atoms with E-state index in [1.54, 1.807) is 45.4 Å². The Morgan fingerprint density at radius 1 is 1.00 bits per heavy atom. The van der Waals surface area contributed by atoms with Crippen LogP contribution >= 0.6 is 0 Å². The number of ether oxygens (including phenoxy) is 3. The van der Waals surface area contributed by atoms with E-state index < -0.39 is 5.56 Å². The summed E-state index contributed by atoms with van der Waals surface area (Å²) in [5.41, 5.74) is 2.60. The second-order valence-electron chi connectivity index (χ2n) is 6.18. The van der Waals surface area contributed by atoms with Crippen LogP contribution in [0.1, 0.15) is 16.8 Å². The fraction of sp³-hybridized carbons (Fsp3) is 0.182. The third kappa shape index (κ3) is 3.99. The standard InChI is InChI=1S/C22H20N2O4/c1-14-10-18(19(12-23)22(25)24-14)16-6-9-20(21(11-16)27-3)28-13-15-4-7-17(26-2)8-5-15/h4-11H,13H2,1-3H3,(H,24,25). The fourth-order valence-electron chi connectivity index (χ4n) is 2.86. The lowest BCUT2D eigenvalue weighted by Crippen LogP contribution is -2.12. The van der Waals surface area contributed by atoms with Crippen molar-refractivity contribution in [2.24, 2.45) is 0 Å². The van der Waals surface area contributed by atoms with Gasteiger partial charge in [0.1, 0.15) is 24.0 Å². The molecule has 0 bridgehead atoms. The van der Waals surface area contributed by atoms with Gasteiger partial charge in [-0.2, -0.15) is 5.26 Å². The Balaban J connectivity index is 1.89. The van der Waals surface area contributed by atoms with Crippen LogP contribution in [0.25, 0.3) is 11.1 Å². The van der Waals surface area contributed by atoms with Crippen LogP contribution in [-0.4, -0.2) is 19.2 Å². The SMILES string of the molecule is COc1ccc(COc2ccc(-c3cc(C)[nH]c(=O)c3C#N)cc2OC)cc1. The van der Waals surface area contributed by atoms with Crippen molar-refractivity contribution in [1.82, 2.24) is 4.98 Å². The molecule has 0 fully saturated rings. The number of nitriles is 1. The molecule has 3 aromatic rings. The summed E-state index contributed by atoms with van der Waals surface area (Å²) in [7, 11) is 3.17. The second-order valence-corrected chi connectivity index (χ2v) is 6.18. The number of hydrogen-bond donors (Lipinski definition) is 1. The van der Waals surface area contributed by atoms with Gasteiger partial charge in [0.05, 0.1) is 14.2 Å². The molecule has 3 rings (SSSR count). The maximum Gasteiger partial charge on any atom is 0.266 e. The number of aromatic nitrogens is 1. The zero-order valence-corrected chi connectivity index (χ0v) is 15.9. The molecule has 0 radical (unpaired) electrons. The van der Waals surface area contributed by atoms with Crippen molar-refractivity contribution >= 4 is 0 Å². The zero-order chi connectivity index (χ0) is 20.1. The van der Waals surface area contributed by atoms with Gasteiger partial charge in [-0.15, -0.1) is 0 Å². The highest BCUT2D eigenvalue weighted by Crippen LogP contribution is 2.34. The predicted molar refractivity (Wildman–Crippen MR) is 106 cm³/mol. The van der Waals surface area contributed by atoms with Gasteiger partial charge in [-0.1, -0.05) is 18.2 Å². The van der Waals surface area contributed by atoms with Gasteiger partial charge in [0.2, 0.25) is 0 Å². The number of aryl methyl sites for hydroxylation is 1. The number of benzene rings is 2. The van der Waals surface area contributed by atoms with Gasteiger partial charge >= 0.3 is 0 Å². The molecule has 142 valence electrons. The highest BCUT2D eigenvalue weighted by Gasteiger charge is 2.13. The molecule has 0 atom stereocenters. The molecule has 0 aliphatic heterocycles. The summed E-state index contributed by atoms with van der Waals surface area (Å²) < 4.78 is 16.5. The van der Waals surface area contributed by atoms with Crippen LogP contribution in [0.3, 0.4) is 0 Å². The lowest BCUT2D eigenvalue weighted by atomic mass is 10.0. The van der Waals surface area contributed by atoms with Gasteiger partial charge in [-0.25, -0.2) is 0 Å². The van der Waals surface area contributed by atoms with Crippen molar-refractivity contribution in [2.75, 3.05) is 14.2 Å². The molecule has 0 amide bonds. The fourth-order valence-corrected chi connectivity index (χ4v) is 2.86. The first-order valence-electron chi connectivity index (χ1n) is 8.64. The first-order chi connectivity index (χ1) is 13.5. The van der Waals surface area contributed by atoms with Gasteiger partial charge < -0.3 is 19.2 Å². The number of H-pyrrole nitrogens is 1. The smallest absolute Gasteiger partial charge is 0.266 e. The summed E-state index contributed by atoms with van der Waals surface area (Å²) in [6.45, 7) is 2.14. The van der Waals surface area contributed by atoms with Gasteiger partial charge in [0, 0.05) is 11.3 Å². The van der Waals surface area contributed by atoms with E-state index >= 15 is 0 Å². The van der Waals surface area contributed by atoms with E-state index in [4.69, 9.17) is 14.2 Å². The molecular formula is C22H20N2O4. The molecule has 6 nitrogen and oxygen atoms in total. The van der Waals surface area contributed by atoms with Gasteiger partial charge in [0.15, 0.2) is 11.5 Å².